The van der Waals surface area contributed by atoms with Crippen LogP contribution in [0.1, 0.15) is 54.4 Å². The lowest BCUT2D eigenvalue weighted by molar-refractivity contribution is -0.384. The summed E-state index contributed by atoms with van der Waals surface area (Å²) in [6, 6.07) is 4.15. The van der Waals surface area contributed by atoms with Gasteiger partial charge in [0.25, 0.3) is 5.69 Å². The molecule has 1 heterocycles. The van der Waals surface area contributed by atoms with Crippen molar-refractivity contribution >= 4 is 21.4 Å². The molecule has 1 aliphatic rings. The number of sulfonamides is 1. The van der Waals surface area contributed by atoms with Crippen molar-refractivity contribution in [3.05, 3.63) is 28.3 Å². The van der Waals surface area contributed by atoms with Gasteiger partial charge in [0.05, 0.1) is 9.82 Å². The van der Waals surface area contributed by atoms with Crippen molar-refractivity contribution in [3.8, 4) is 0 Å². The lowest BCUT2D eigenvalue weighted by Gasteiger charge is -2.46. The minimum atomic E-state index is -3.75. The zero-order valence-electron chi connectivity index (χ0n) is 17.6. The Balaban J connectivity index is 2.38. The molecule has 0 aliphatic carbocycles. The predicted molar refractivity (Wildman–Crippen MR) is 111 cm³/mol. The molecule has 9 heteroatoms. The topological polar surface area (TPSA) is 105 Å². The minimum absolute atomic E-state index is 0.0372. The highest BCUT2D eigenvalue weighted by atomic mass is 32.2. The van der Waals surface area contributed by atoms with Crippen LogP contribution in [0.2, 0.25) is 0 Å². The molecule has 0 amide bonds. The number of nitrogens with one attached hydrogen (secondary N) is 2. The second-order valence-electron chi connectivity index (χ2n) is 8.67. The van der Waals surface area contributed by atoms with Crippen LogP contribution in [0.15, 0.2) is 23.1 Å². The first-order valence-corrected chi connectivity index (χ1v) is 11.1. The first kappa shape index (κ1) is 22.6. The van der Waals surface area contributed by atoms with E-state index in [1.165, 1.54) is 16.4 Å². The largest absolute Gasteiger partial charge is 0.377 e. The third-order valence-electron chi connectivity index (χ3n) is 5.06. The van der Waals surface area contributed by atoms with Crippen LogP contribution in [0.3, 0.4) is 0 Å². The summed E-state index contributed by atoms with van der Waals surface area (Å²) in [6.07, 6.45) is 1.60. The average molecular weight is 413 g/mol. The van der Waals surface area contributed by atoms with Crippen LogP contribution in [-0.2, 0) is 10.0 Å². The second-order valence-corrected chi connectivity index (χ2v) is 10.6. The molecule has 1 aromatic carbocycles. The van der Waals surface area contributed by atoms with E-state index in [4.69, 9.17) is 0 Å². The van der Waals surface area contributed by atoms with E-state index in [2.05, 4.69) is 38.3 Å². The van der Waals surface area contributed by atoms with Crippen molar-refractivity contribution in [2.75, 3.05) is 18.4 Å². The zero-order valence-corrected chi connectivity index (χ0v) is 18.4. The van der Waals surface area contributed by atoms with Gasteiger partial charge in [-0.3, -0.25) is 10.1 Å². The summed E-state index contributed by atoms with van der Waals surface area (Å²) in [6.45, 7) is 12.5. The van der Waals surface area contributed by atoms with Crippen LogP contribution in [0.4, 0.5) is 11.4 Å². The Hall–Kier alpha value is -1.71. The summed E-state index contributed by atoms with van der Waals surface area (Å²) in [4.78, 5) is 11.1. The Kier molecular flexibility index (Phi) is 6.42. The maximum Gasteiger partial charge on any atom is 0.293 e. The van der Waals surface area contributed by atoms with Crippen LogP contribution in [0.25, 0.3) is 0 Å². The van der Waals surface area contributed by atoms with Gasteiger partial charge in [-0.05, 0) is 52.7 Å². The number of hydrogen-bond acceptors (Lipinski definition) is 6. The fourth-order valence-electron chi connectivity index (χ4n) is 4.30. The molecule has 0 radical (unpaired) electrons. The number of anilines is 1. The van der Waals surface area contributed by atoms with Gasteiger partial charge in [-0.2, -0.15) is 4.31 Å². The third-order valence-corrected chi connectivity index (χ3v) is 7.10. The number of piperidine rings is 1. The van der Waals surface area contributed by atoms with E-state index in [0.717, 1.165) is 18.9 Å². The number of nitrogens with zero attached hydrogens (tertiary/aromatic N) is 2. The molecule has 0 bridgehead atoms. The molecule has 0 aromatic heterocycles. The maximum atomic E-state index is 12.7. The number of hydrogen-bond donors (Lipinski definition) is 2. The van der Waals surface area contributed by atoms with Crippen molar-refractivity contribution in [2.24, 2.45) is 0 Å². The number of nitro benzene ring substituents is 1. The van der Waals surface area contributed by atoms with Crippen LogP contribution in [-0.4, -0.2) is 47.9 Å². The van der Waals surface area contributed by atoms with E-state index < -0.39 is 14.9 Å². The fourth-order valence-corrected chi connectivity index (χ4v) is 5.78. The van der Waals surface area contributed by atoms with Gasteiger partial charge in [-0.15, -0.1) is 0 Å². The van der Waals surface area contributed by atoms with E-state index >= 15 is 0 Å². The van der Waals surface area contributed by atoms with Gasteiger partial charge in [0.1, 0.15) is 5.69 Å². The molecular weight excluding hydrogens is 380 g/mol. The van der Waals surface area contributed by atoms with Crippen LogP contribution in [0.5, 0.6) is 0 Å². The Labute approximate surface area is 167 Å². The lowest BCUT2D eigenvalue weighted by atomic mass is 9.79. The normalized spacial score (nSPS) is 19.5. The molecule has 28 heavy (non-hydrogen) atoms. The van der Waals surface area contributed by atoms with Crippen molar-refractivity contribution in [1.82, 2.24) is 9.62 Å². The van der Waals surface area contributed by atoms with Crippen molar-refractivity contribution in [3.63, 3.8) is 0 Å². The second kappa shape index (κ2) is 7.96. The molecule has 8 nitrogen and oxygen atoms in total. The van der Waals surface area contributed by atoms with Gasteiger partial charge in [0.2, 0.25) is 10.0 Å². The lowest BCUT2D eigenvalue weighted by Crippen LogP contribution is -2.60. The van der Waals surface area contributed by atoms with E-state index in [9.17, 15) is 18.5 Å². The summed E-state index contributed by atoms with van der Waals surface area (Å²) in [5.74, 6) is 0. The zero-order chi connectivity index (χ0) is 21.3. The summed E-state index contributed by atoms with van der Waals surface area (Å²) >= 11 is 0. The van der Waals surface area contributed by atoms with Crippen molar-refractivity contribution < 1.29 is 13.3 Å². The molecule has 2 N–H and O–H groups in total. The van der Waals surface area contributed by atoms with Gasteiger partial charge >= 0.3 is 0 Å². The number of rotatable bonds is 7. The van der Waals surface area contributed by atoms with Crippen LogP contribution < -0.4 is 10.6 Å². The molecule has 2 rings (SSSR count). The maximum absolute atomic E-state index is 12.7. The average Bonchev–Trinajstić information content (AvgIpc) is 2.52. The highest BCUT2D eigenvalue weighted by Crippen LogP contribution is 2.34. The van der Waals surface area contributed by atoms with Crippen LogP contribution >= 0.6 is 0 Å². The highest BCUT2D eigenvalue weighted by Gasteiger charge is 2.38. The third kappa shape index (κ3) is 5.01. The quantitative estimate of drug-likeness (QED) is 0.526. The Morgan fingerprint density at radius 3 is 2.18 bits per heavy atom. The Morgan fingerprint density at radius 1 is 1.18 bits per heavy atom. The predicted octanol–water partition coefficient (Wildman–Crippen LogP) is 3.35. The first-order valence-electron chi connectivity index (χ1n) is 9.66. The molecule has 0 unspecified atom stereocenters. The standard InChI is InChI=1S/C19H32N4O4S/c1-7-22(8-2)28(26,27)15-9-10-16(17(11-15)23(24)25)20-14-12-18(3,4)21-19(5,6)13-14/h9-11,14,20-21H,7-8,12-13H2,1-6H3. The van der Waals surface area contributed by atoms with E-state index in [0.29, 0.717) is 18.8 Å². The molecule has 0 atom stereocenters. The Morgan fingerprint density at radius 2 is 1.71 bits per heavy atom. The molecule has 1 aliphatic heterocycles. The van der Waals surface area contributed by atoms with Gasteiger partial charge in [-0.25, -0.2) is 8.42 Å². The molecule has 1 aromatic rings. The van der Waals surface area contributed by atoms with E-state index in [-0.39, 0.29) is 27.7 Å². The number of benzene rings is 1. The first-order chi connectivity index (χ1) is 12.8. The number of nitro groups is 1. The SMILES string of the molecule is CCN(CC)S(=O)(=O)c1ccc(NC2CC(C)(C)NC(C)(C)C2)c([N+](=O)[O-])c1. The smallest absolute Gasteiger partial charge is 0.293 e. The van der Waals surface area contributed by atoms with E-state index in [1.54, 1.807) is 13.8 Å². The molecule has 1 fully saturated rings. The monoisotopic (exact) mass is 412 g/mol. The molecule has 0 saturated carbocycles. The van der Waals surface area contributed by atoms with Gasteiger partial charge in [0.15, 0.2) is 0 Å². The Bertz CT molecular complexity index is 816. The highest BCUT2D eigenvalue weighted by molar-refractivity contribution is 7.89. The summed E-state index contributed by atoms with van der Waals surface area (Å²) in [7, 11) is -3.75. The van der Waals surface area contributed by atoms with E-state index in [1.807, 2.05) is 0 Å². The molecular formula is C19H32N4O4S. The van der Waals surface area contributed by atoms with Gasteiger partial charge in [0, 0.05) is 36.3 Å². The summed E-state index contributed by atoms with van der Waals surface area (Å²) in [5, 5.41) is 18.5. The fraction of sp³-hybridized carbons (Fsp3) is 0.684. The van der Waals surface area contributed by atoms with Crippen molar-refractivity contribution in [2.45, 2.75) is 76.4 Å². The minimum Gasteiger partial charge on any atom is -0.377 e. The van der Waals surface area contributed by atoms with Crippen molar-refractivity contribution in [1.29, 1.82) is 0 Å². The summed E-state index contributed by atoms with van der Waals surface area (Å²) in [5.41, 5.74) is -0.0927. The van der Waals surface area contributed by atoms with Gasteiger partial charge < -0.3 is 10.6 Å². The summed E-state index contributed by atoms with van der Waals surface area (Å²) < 4.78 is 26.7. The van der Waals surface area contributed by atoms with Gasteiger partial charge in [-0.1, -0.05) is 13.8 Å². The molecule has 158 valence electrons. The molecule has 0 spiro atoms. The van der Waals surface area contributed by atoms with Crippen LogP contribution in [0, 0.1) is 10.1 Å². The molecule has 1 saturated heterocycles.